The second-order valence-corrected chi connectivity index (χ2v) is 5.74. The van der Waals surface area contributed by atoms with Gasteiger partial charge in [-0.1, -0.05) is 76.7 Å². The summed E-state index contributed by atoms with van der Waals surface area (Å²) < 4.78 is 0. The van der Waals surface area contributed by atoms with Crippen LogP contribution in [-0.4, -0.2) is 8.80 Å². The van der Waals surface area contributed by atoms with Gasteiger partial charge in [-0.15, -0.1) is 6.58 Å². The monoisotopic (exact) mass is 229 g/mol. The van der Waals surface area contributed by atoms with Gasteiger partial charge < -0.3 is 0 Å². The Balaban J connectivity index is 0.00000128. The van der Waals surface area contributed by atoms with Crippen LogP contribution in [0.3, 0.4) is 0 Å². The second-order valence-electron chi connectivity index (χ2n) is 3.35. The van der Waals surface area contributed by atoms with E-state index in [0.717, 1.165) is 0 Å². The summed E-state index contributed by atoms with van der Waals surface area (Å²) in [5.74, 6) is 0. The minimum atomic E-state index is -0.775. The number of hydrogen-bond acceptors (Lipinski definition) is 0. The molecule has 0 atom stereocenters. The highest BCUT2D eigenvalue weighted by atomic mass is 28.3. The topological polar surface area (TPSA) is 0 Å². The molecule has 2 heteroatoms. The van der Waals surface area contributed by atoms with Crippen LogP contribution in [0.15, 0.2) is 72.9 Å². The van der Waals surface area contributed by atoms with Gasteiger partial charge in [0.25, 0.3) is 0 Å². The minimum absolute atomic E-state index is 0. The lowest BCUT2D eigenvalue weighted by molar-refractivity contribution is 1.11. The van der Waals surface area contributed by atoms with Crippen molar-refractivity contribution in [2.45, 2.75) is 0 Å². The van der Waals surface area contributed by atoms with Crippen molar-refractivity contribution in [2.75, 3.05) is 0 Å². The maximum absolute atomic E-state index is 3.96. The molecule has 2 aromatic carbocycles. The van der Waals surface area contributed by atoms with E-state index >= 15 is 0 Å². The lowest BCUT2D eigenvalue weighted by Crippen LogP contribution is -2.40. The molecule has 0 aliphatic rings. The van der Waals surface area contributed by atoms with E-state index in [9.17, 15) is 0 Å². The molecule has 0 heterocycles. The van der Waals surface area contributed by atoms with Crippen LogP contribution in [0.2, 0.25) is 0 Å². The van der Waals surface area contributed by atoms with Gasteiger partial charge in [0.2, 0.25) is 0 Å². The largest absolute Gasteiger partial charge is 0.269 e. The van der Waals surface area contributed by atoms with E-state index in [1.807, 2.05) is 0 Å². The fourth-order valence-corrected chi connectivity index (χ4v) is 3.55. The summed E-state index contributed by atoms with van der Waals surface area (Å²) in [6.07, 6.45) is 0. The average Bonchev–Trinajstić information content (AvgIpc) is 2.33. The zero-order valence-corrected chi connectivity index (χ0v) is 9.97. The molecule has 0 aromatic heterocycles. The molecule has 0 spiro atoms. The van der Waals surface area contributed by atoms with Crippen molar-refractivity contribution in [3.8, 4) is 0 Å². The maximum Gasteiger partial charge on any atom is 0.146 e. The van der Waals surface area contributed by atoms with Crippen LogP contribution >= 0.6 is 0 Å². The molecule has 0 unspecified atom stereocenters. The van der Waals surface area contributed by atoms with E-state index in [1.54, 1.807) is 0 Å². The van der Waals surface area contributed by atoms with Gasteiger partial charge in [-0.25, -0.2) is 0 Å². The first kappa shape index (κ1) is 12.4. The molecule has 0 amide bonds. The van der Waals surface area contributed by atoms with Crippen molar-refractivity contribution >= 4 is 19.2 Å². The fourth-order valence-electron chi connectivity index (χ4n) is 1.64. The van der Waals surface area contributed by atoms with Gasteiger partial charge in [0.15, 0.2) is 0 Å². The summed E-state index contributed by atoms with van der Waals surface area (Å²) in [5, 5.41) is 2.78. The van der Waals surface area contributed by atoms with Gasteiger partial charge >= 0.3 is 0 Å². The van der Waals surface area contributed by atoms with Gasteiger partial charge in [0.1, 0.15) is 8.80 Å². The maximum atomic E-state index is 3.96. The molecule has 0 N–H and O–H groups in total. The van der Waals surface area contributed by atoms with Crippen molar-refractivity contribution in [1.29, 1.82) is 0 Å². The Morgan fingerprint density at radius 3 is 1.44 bits per heavy atom. The highest BCUT2D eigenvalue weighted by Crippen LogP contribution is 1.93. The Morgan fingerprint density at radius 1 is 0.750 bits per heavy atom. The molecular weight excluding hydrogens is 215 g/mol. The standard InChI is InChI=1S/C14H13Si.FH/c1-2-15(13-9-5-3-6-10-13)14-11-7-4-8-12-14;/h2-12H,1H2;1H. The molecule has 16 heavy (non-hydrogen) atoms. The van der Waals surface area contributed by atoms with Gasteiger partial charge in [-0.3, -0.25) is 4.70 Å². The van der Waals surface area contributed by atoms with Crippen LogP contribution in [0.1, 0.15) is 0 Å². The predicted octanol–water partition coefficient (Wildman–Crippen LogP) is 2.17. The summed E-state index contributed by atoms with van der Waals surface area (Å²) in [7, 11) is -0.775. The Kier molecular flexibility index (Phi) is 4.67. The van der Waals surface area contributed by atoms with Crippen molar-refractivity contribution in [3.63, 3.8) is 0 Å². The molecule has 0 saturated heterocycles. The highest BCUT2D eigenvalue weighted by Gasteiger charge is 2.11. The zero-order valence-electron chi connectivity index (χ0n) is 8.97. The Bertz CT molecular complexity index is 386. The number of benzene rings is 2. The first-order valence-electron chi connectivity index (χ1n) is 5.02. The molecular formula is C14H14FSi. The van der Waals surface area contributed by atoms with E-state index < -0.39 is 8.80 Å². The SMILES string of the molecule is C=C[Si](c1ccccc1)c1ccccc1.F. The Labute approximate surface area is 97.2 Å². The predicted molar refractivity (Wildman–Crippen MR) is 70.6 cm³/mol. The van der Waals surface area contributed by atoms with Gasteiger partial charge in [-0.2, -0.15) is 0 Å². The average molecular weight is 229 g/mol. The van der Waals surface area contributed by atoms with Gasteiger partial charge in [0.05, 0.1) is 0 Å². The molecule has 0 nitrogen and oxygen atoms in total. The lowest BCUT2D eigenvalue weighted by atomic mass is 10.4. The van der Waals surface area contributed by atoms with Crippen LogP contribution in [0, 0.1) is 0 Å². The van der Waals surface area contributed by atoms with Gasteiger partial charge in [0, 0.05) is 0 Å². The van der Waals surface area contributed by atoms with E-state index in [0.29, 0.717) is 0 Å². The summed E-state index contributed by atoms with van der Waals surface area (Å²) >= 11 is 0. The van der Waals surface area contributed by atoms with Gasteiger partial charge in [-0.05, 0) is 0 Å². The van der Waals surface area contributed by atoms with Crippen LogP contribution in [0.4, 0.5) is 4.70 Å². The van der Waals surface area contributed by atoms with Crippen molar-refractivity contribution in [2.24, 2.45) is 0 Å². The highest BCUT2D eigenvalue weighted by molar-refractivity contribution is 6.89. The smallest absolute Gasteiger partial charge is 0.146 e. The van der Waals surface area contributed by atoms with Crippen LogP contribution in [-0.2, 0) is 0 Å². The lowest BCUT2D eigenvalue weighted by Gasteiger charge is -2.10. The van der Waals surface area contributed by atoms with E-state index in [-0.39, 0.29) is 4.70 Å². The molecule has 81 valence electrons. The summed E-state index contributed by atoms with van der Waals surface area (Å²) in [6.45, 7) is 3.96. The molecule has 1 radical (unpaired) electrons. The molecule has 0 saturated carbocycles. The van der Waals surface area contributed by atoms with E-state index in [2.05, 4.69) is 72.9 Å². The second kappa shape index (κ2) is 6.03. The summed E-state index contributed by atoms with van der Waals surface area (Å²) in [4.78, 5) is 0. The third-order valence-electron chi connectivity index (χ3n) is 2.37. The van der Waals surface area contributed by atoms with Crippen molar-refractivity contribution in [1.82, 2.24) is 0 Å². The zero-order chi connectivity index (χ0) is 10.5. The molecule has 0 fully saturated rings. The van der Waals surface area contributed by atoms with Crippen LogP contribution in [0.5, 0.6) is 0 Å². The van der Waals surface area contributed by atoms with Crippen LogP contribution < -0.4 is 10.4 Å². The molecule has 2 aromatic rings. The number of halogens is 1. The Morgan fingerprint density at radius 2 is 1.12 bits per heavy atom. The molecule has 0 aliphatic carbocycles. The van der Waals surface area contributed by atoms with Crippen LogP contribution in [0.25, 0.3) is 0 Å². The normalized spacial score (nSPS) is 9.56. The first-order chi connectivity index (χ1) is 7.42. The summed E-state index contributed by atoms with van der Waals surface area (Å²) in [6, 6.07) is 21.2. The molecule has 0 bridgehead atoms. The quantitative estimate of drug-likeness (QED) is 0.708. The van der Waals surface area contributed by atoms with E-state index in [4.69, 9.17) is 0 Å². The fraction of sp³-hybridized carbons (Fsp3) is 0. The van der Waals surface area contributed by atoms with E-state index in [1.165, 1.54) is 10.4 Å². The number of hydrogen-bond donors (Lipinski definition) is 0. The Hall–Kier alpha value is -1.67. The molecule has 2 rings (SSSR count). The number of rotatable bonds is 3. The first-order valence-corrected chi connectivity index (χ1v) is 6.60. The molecule has 0 aliphatic heterocycles. The minimum Gasteiger partial charge on any atom is -0.269 e. The third kappa shape index (κ3) is 2.67. The third-order valence-corrected chi connectivity index (χ3v) is 4.69. The van der Waals surface area contributed by atoms with Crippen molar-refractivity contribution in [3.05, 3.63) is 72.9 Å². The van der Waals surface area contributed by atoms with Crippen molar-refractivity contribution < 1.29 is 4.70 Å². The summed E-state index contributed by atoms with van der Waals surface area (Å²) in [5.41, 5.74) is 2.09.